The van der Waals surface area contributed by atoms with Crippen molar-refractivity contribution in [3.8, 4) is 17.2 Å². The quantitative estimate of drug-likeness (QED) is 0.536. The molecule has 6 heteroatoms. The molecule has 3 aromatic rings. The van der Waals surface area contributed by atoms with Gasteiger partial charge in [-0.1, -0.05) is 24.3 Å². The Bertz CT molecular complexity index is 849. The van der Waals surface area contributed by atoms with Crippen LogP contribution in [0.25, 0.3) is 0 Å². The number of benzene rings is 2. The molecule has 2 N–H and O–H groups in total. The monoisotopic (exact) mass is 399 g/mol. The van der Waals surface area contributed by atoms with E-state index in [-0.39, 0.29) is 0 Å². The predicted octanol–water partition coefficient (Wildman–Crippen LogP) is 4.17. The van der Waals surface area contributed by atoms with Crippen LogP contribution < -0.4 is 19.5 Å². The molecule has 148 valence electrons. The molecule has 0 saturated heterocycles. The largest absolute Gasteiger partial charge is 0.497 e. The van der Waals surface area contributed by atoms with Gasteiger partial charge in [0.15, 0.2) is 11.5 Å². The zero-order valence-electron chi connectivity index (χ0n) is 16.1. The maximum Gasteiger partial charge on any atom is 0.161 e. The molecule has 28 heavy (non-hydrogen) atoms. The Morgan fingerprint density at radius 2 is 1.82 bits per heavy atom. The molecule has 0 aliphatic heterocycles. The van der Waals surface area contributed by atoms with Crippen LogP contribution in [0.2, 0.25) is 0 Å². The molecule has 2 aromatic carbocycles. The number of aliphatic hydroxyl groups excluding tert-OH is 1. The maximum atomic E-state index is 10.3. The lowest BCUT2D eigenvalue weighted by atomic mass is 10.1. The van der Waals surface area contributed by atoms with Gasteiger partial charge in [0, 0.05) is 18.0 Å². The van der Waals surface area contributed by atoms with Crippen LogP contribution >= 0.6 is 11.3 Å². The van der Waals surface area contributed by atoms with Gasteiger partial charge >= 0.3 is 0 Å². The van der Waals surface area contributed by atoms with Crippen LogP contribution in [0, 0.1) is 0 Å². The molecule has 0 aliphatic carbocycles. The number of thiophene rings is 1. The Kier molecular flexibility index (Phi) is 7.31. The molecule has 3 rings (SSSR count). The van der Waals surface area contributed by atoms with Gasteiger partial charge < -0.3 is 24.6 Å². The van der Waals surface area contributed by atoms with E-state index in [2.05, 4.69) is 5.32 Å². The number of hydrogen-bond donors (Lipinski definition) is 2. The third kappa shape index (κ3) is 5.48. The van der Waals surface area contributed by atoms with Crippen LogP contribution in [0.5, 0.6) is 17.2 Å². The fourth-order valence-corrected chi connectivity index (χ4v) is 3.40. The Balaban J connectivity index is 1.52. The second kappa shape index (κ2) is 10.1. The van der Waals surface area contributed by atoms with Crippen LogP contribution in [0.1, 0.15) is 22.1 Å². The van der Waals surface area contributed by atoms with Crippen LogP contribution in [0.3, 0.4) is 0 Å². The molecule has 1 unspecified atom stereocenters. The number of nitrogens with one attached hydrogen (secondary N) is 1. The van der Waals surface area contributed by atoms with Crippen LogP contribution in [-0.2, 0) is 13.2 Å². The van der Waals surface area contributed by atoms with Crippen molar-refractivity contribution in [3.63, 3.8) is 0 Å². The van der Waals surface area contributed by atoms with Crippen LogP contribution in [0.4, 0.5) is 0 Å². The van der Waals surface area contributed by atoms with E-state index >= 15 is 0 Å². The van der Waals surface area contributed by atoms with Gasteiger partial charge in [0.1, 0.15) is 12.4 Å². The lowest BCUT2D eigenvalue weighted by Crippen LogP contribution is -2.21. The smallest absolute Gasteiger partial charge is 0.161 e. The molecule has 0 saturated carbocycles. The van der Waals surface area contributed by atoms with Crippen molar-refractivity contribution < 1.29 is 19.3 Å². The molecule has 0 amide bonds. The van der Waals surface area contributed by atoms with Gasteiger partial charge in [-0.2, -0.15) is 0 Å². The fourth-order valence-electron chi connectivity index (χ4n) is 2.78. The molecule has 0 fully saturated rings. The van der Waals surface area contributed by atoms with Gasteiger partial charge in [-0.25, -0.2) is 0 Å². The normalized spacial score (nSPS) is 11.8. The van der Waals surface area contributed by atoms with Gasteiger partial charge in [0.25, 0.3) is 0 Å². The van der Waals surface area contributed by atoms with E-state index in [1.807, 2.05) is 60.0 Å². The highest BCUT2D eigenvalue weighted by atomic mass is 32.1. The summed E-state index contributed by atoms with van der Waals surface area (Å²) in [6.45, 7) is 1.60. The molecular formula is C22H25NO4S. The van der Waals surface area contributed by atoms with Gasteiger partial charge in [0.05, 0.1) is 20.3 Å². The van der Waals surface area contributed by atoms with Crippen LogP contribution in [0.15, 0.2) is 60.0 Å². The molecule has 0 spiro atoms. The van der Waals surface area contributed by atoms with Gasteiger partial charge in [0.2, 0.25) is 0 Å². The zero-order valence-corrected chi connectivity index (χ0v) is 16.9. The SMILES string of the molecule is COc1ccc(C(O)CNCc2ccc(OCc3cccs3)c(OC)c2)cc1. The molecule has 1 aromatic heterocycles. The maximum absolute atomic E-state index is 10.3. The van der Waals surface area contributed by atoms with Crippen molar-refractivity contribution >= 4 is 11.3 Å². The third-order valence-corrected chi connectivity index (χ3v) is 5.20. The van der Waals surface area contributed by atoms with Crippen molar-refractivity contribution in [2.24, 2.45) is 0 Å². The molecule has 0 bridgehead atoms. The van der Waals surface area contributed by atoms with Crippen LogP contribution in [-0.4, -0.2) is 25.9 Å². The van der Waals surface area contributed by atoms with E-state index in [4.69, 9.17) is 14.2 Å². The lowest BCUT2D eigenvalue weighted by molar-refractivity contribution is 0.174. The Morgan fingerprint density at radius 3 is 2.50 bits per heavy atom. The average molecular weight is 400 g/mol. The molecule has 1 heterocycles. The summed E-state index contributed by atoms with van der Waals surface area (Å²) in [6.07, 6.45) is -0.582. The van der Waals surface area contributed by atoms with Crippen molar-refractivity contribution in [2.45, 2.75) is 19.3 Å². The fraction of sp³-hybridized carbons (Fsp3) is 0.273. The van der Waals surface area contributed by atoms with Crippen molar-refractivity contribution in [1.29, 1.82) is 0 Å². The van der Waals surface area contributed by atoms with Gasteiger partial charge in [-0.15, -0.1) is 11.3 Å². The van der Waals surface area contributed by atoms with Gasteiger partial charge in [-0.3, -0.25) is 0 Å². The standard InChI is InChI=1S/C22H25NO4S/c1-25-18-8-6-17(7-9-18)20(24)14-23-13-16-5-10-21(22(12-16)26-2)27-15-19-4-3-11-28-19/h3-12,20,23-24H,13-15H2,1-2H3. The summed E-state index contributed by atoms with van der Waals surface area (Å²) in [4.78, 5) is 1.17. The van der Waals surface area contributed by atoms with Crippen molar-refractivity contribution in [3.05, 3.63) is 76.0 Å². The van der Waals surface area contributed by atoms with Crippen molar-refractivity contribution in [2.75, 3.05) is 20.8 Å². The predicted molar refractivity (Wildman–Crippen MR) is 111 cm³/mol. The van der Waals surface area contributed by atoms with E-state index in [1.54, 1.807) is 25.6 Å². The molecule has 1 atom stereocenters. The average Bonchev–Trinajstić information content (AvgIpc) is 3.26. The number of rotatable bonds is 10. The number of ether oxygens (including phenoxy) is 3. The molecular weight excluding hydrogens is 374 g/mol. The Labute approximate surface area is 169 Å². The number of aliphatic hydroxyl groups is 1. The minimum atomic E-state index is -0.582. The topological polar surface area (TPSA) is 60.0 Å². The summed E-state index contributed by atoms with van der Waals surface area (Å²) in [7, 11) is 3.26. The molecule has 5 nitrogen and oxygen atoms in total. The van der Waals surface area contributed by atoms with E-state index in [9.17, 15) is 5.11 Å². The highest BCUT2D eigenvalue weighted by Gasteiger charge is 2.09. The third-order valence-electron chi connectivity index (χ3n) is 4.35. The van der Waals surface area contributed by atoms with E-state index < -0.39 is 6.10 Å². The number of methoxy groups -OCH3 is 2. The summed E-state index contributed by atoms with van der Waals surface area (Å²) in [5, 5.41) is 15.6. The number of hydrogen-bond acceptors (Lipinski definition) is 6. The van der Waals surface area contributed by atoms with Crippen molar-refractivity contribution in [1.82, 2.24) is 5.32 Å². The zero-order chi connectivity index (χ0) is 19.8. The first-order chi connectivity index (χ1) is 13.7. The summed E-state index contributed by atoms with van der Waals surface area (Å²) in [5.41, 5.74) is 1.91. The summed E-state index contributed by atoms with van der Waals surface area (Å²) in [6, 6.07) is 17.4. The first-order valence-electron chi connectivity index (χ1n) is 9.04. The summed E-state index contributed by atoms with van der Waals surface area (Å²) < 4.78 is 16.5. The van der Waals surface area contributed by atoms with E-state index in [0.29, 0.717) is 25.4 Å². The Hall–Kier alpha value is -2.54. The molecule has 0 aliphatic rings. The molecule has 0 radical (unpaired) electrons. The van der Waals surface area contributed by atoms with E-state index in [1.165, 1.54) is 4.88 Å². The first-order valence-corrected chi connectivity index (χ1v) is 9.92. The summed E-state index contributed by atoms with van der Waals surface area (Å²) in [5.74, 6) is 2.20. The summed E-state index contributed by atoms with van der Waals surface area (Å²) >= 11 is 1.67. The minimum absolute atomic E-state index is 0.450. The highest BCUT2D eigenvalue weighted by Crippen LogP contribution is 2.29. The second-order valence-electron chi connectivity index (χ2n) is 6.27. The Morgan fingerprint density at radius 1 is 1.00 bits per heavy atom. The first kappa shape index (κ1) is 20.2. The minimum Gasteiger partial charge on any atom is -0.497 e. The second-order valence-corrected chi connectivity index (χ2v) is 7.31. The van der Waals surface area contributed by atoms with Gasteiger partial charge in [-0.05, 0) is 46.8 Å². The highest BCUT2D eigenvalue weighted by molar-refractivity contribution is 7.09. The van der Waals surface area contributed by atoms with E-state index in [0.717, 1.165) is 22.6 Å². The lowest BCUT2D eigenvalue weighted by Gasteiger charge is -2.14.